The molecular formula is C26H50O2. The molecule has 0 aliphatic heterocycles. The fourth-order valence-electron chi connectivity index (χ4n) is 3.84. The summed E-state index contributed by atoms with van der Waals surface area (Å²) in [5.41, 5.74) is 0. The van der Waals surface area contributed by atoms with Crippen molar-refractivity contribution in [3.05, 3.63) is 0 Å². The van der Waals surface area contributed by atoms with E-state index in [1.54, 1.807) is 0 Å². The van der Waals surface area contributed by atoms with E-state index in [1.807, 2.05) is 0 Å². The minimum absolute atomic E-state index is 0.164. The van der Waals surface area contributed by atoms with Crippen molar-refractivity contribution in [1.29, 1.82) is 0 Å². The molecule has 0 atom stereocenters. The second-order valence-corrected chi connectivity index (χ2v) is 8.76. The summed E-state index contributed by atoms with van der Waals surface area (Å²) >= 11 is 0. The van der Waals surface area contributed by atoms with Crippen LogP contribution in [0, 0.1) is 0 Å². The van der Waals surface area contributed by atoms with Crippen molar-refractivity contribution in [2.24, 2.45) is 0 Å². The van der Waals surface area contributed by atoms with Crippen molar-refractivity contribution >= 4 is 11.6 Å². The number of rotatable bonds is 23. The van der Waals surface area contributed by atoms with Crippen LogP contribution in [-0.4, -0.2) is 11.6 Å². The van der Waals surface area contributed by atoms with E-state index < -0.39 is 0 Å². The minimum atomic E-state index is 0.164. The number of carbonyl (C=O) groups excluding carboxylic acids is 2. The topological polar surface area (TPSA) is 34.1 Å². The van der Waals surface area contributed by atoms with E-state index in [4.69, 9.17) is 0 Å². The normalized spacial score (nSPS) is 11.1. The van der Waals surface area contributed by atoms with Crippen LogP contribution in [0.15, 0.2) is 0 Å². The summed E-state index contributed by atoms with van der Waals surface area (Å²) in [4.78, 5) is 23.8. The van der Waals surface area contributed by atoms with Crippen LogP contribution >= 0.6 is 0 Å². The number of hydrogen-bond acceptors (Lipinski definition) is 2. The molecule has 0 fully saturated rings. The molecule has 166 valence electrons. The maximum atomic E-state index is 11.9. The van der Waals surface area contributed by atoms with Gasteiger partial charge in [0.25, 0.3) is 0 Å². The van der Waals surface area contributed by atoms with E-state index in [2.05, 4.69) is 13.8 Å². The minimum Gasteiger partial charge on any atom is -0.299 e. The van der Waals surface area contributed by atoms with Gasteiger partial charge >= 0.3 is 0 Å². The zero-order valence-electron chi connectivity index (χ0n) is 19.4. The first kappa shape index (κ1) is 27.3. The number of ketones is 2. The predicted molar refractivity (Wildman–Crippen MR) is 123 cm³/mol. The van der Waals surface area contributed by atoms with Gasteiger partial charge in [-0.2, -0.15) is 0 Å². The van der Waals surface area contributed by atoms with Crippen molar-refractivity contribution in [1.82, 2.24) is 0 Å². The molecule has 28 heavy (non-hydrogen) atoms. The Morgan fingerprint density at radius 3 is 0.929 bits per heavy atom. The SMILES string of the molecule is CCCCCCCCCCCCCCC(=O)CC(=O)CCCCCCCCC. The van der Waals surface area contributed by atoms with E-state index in [1.165, 1.54) is 96.3 Å². The van der Waals surface area contributed by atoms with Crippen LogP contribution in [0.2, 0.25) is 0 Å². The number of unbranched alkanes of at least 4 members (excludes halogenated alkanes) is 17. The Morgan fingerprint density at radius 2 is 0.643 bits per heavy atom. The standard InChI is InChI=1S/C26H50O2/c1-3-5-7-9-11-12-13-14-15-17-19-21-23-26(28)24-25(27)22-20-18-16-10-8-6-4-2/h3-24H2,1-2H3. The van der Waals surface area contributed by atoms with Crippen LogP contribution in [0.1, 0.15) is 155 Å². The lowest BCUT2D eigenvalue weighted by atomic mass is 10.0. The number of hydrogen-bond donors (Lipinski definition) is 0. The van der Waals surface area contributed by atoms with Gasteiger partial charge in [-0.3, -0.25) is 9.59 Å². The molecule has 2 heteroatoms. The first-order valence-electron chi connectivity index (χ1n) is 12.7. The third-order valence-corrected chi connectivity index (χ3v) is 5.76. The Morgan fingerprint density at radius 1 is 0.393 bits per heavy atom. The Bertz CT molecular complexity index is 348. The van der Waals surface area contributed by atoms with Gasteiger partial charge in [0.05, 0.1) is 6.42 Å². The smallest absolute Gasteiger partial charge is 0.140 e. The Balaban J connectivity index is 3.30. The van der Waals surface area contributed by atoms with Gasteiger partial charge in [0.15, 0.2) is 0 Å². The second-order valence-electron chi connectivity index (χ2n) is 8.76. The molecule has 0 unspecified atom stereocenters. The van der Waals surface area contributed by atoms with Crippen LogP contribution in [0.4, 0.5) is 0 Å². The Hall–Kier alpha value is -0.660. The molecule has 0 heterocycles. The van der Waals surface area contributed by atoms with Crippen LogP contribution in [-0.2, 0) is 9.59 Å². The van der Waals surface area contributed by atoms with Gasteiger partial charge in [-0.05, 0) is 12.8 Å². The Kier molecular flexibility index (Phi) is 22.1. The van der Waals surface area contributed by atoms with Crippen LogP contribution in [0.5, 0.6) is 0 Å². The summed E-state index contributed by atoms with van der Waals surface area (Å²) in [6.07, 6.45) is 25.7. The second kappa shape index (κ2) is 22.6. The van der Waals surface area contributed by atoms with Crippen LogP contribution < -0.4 is 0 Å². The molecule has 0 amide bonds. The van der Waals surface area contributed by atoms with Crippen LogP contribution in [0.25, 0.3) is 0 Å². The predicted octanol–water partition coefficient (Wildman–Crippen LogP) is 8.75. The lowest BCUT2D eigenvalue weighted by Gasteiger charge is -2.04. The van der Waals surface area contributed by atoms with E-state index in [0.717, 1.165) is 25.7 Å². The molecule has 0 saturated carbocycles. The lowest BCUT2D eigenvalue weighted by molar-refractivity contribution is -0.127. The van der Waals surface area contributed by atoms with Gasteiger partial charge in [0.2, 0.25) is 0 Å². The molecule has 0 aromatic rings. The van der Waals surface area contributed by atoms with Crippen molar-refractivity contribution in [2.75, 3.05) is 0 Å². The first-order valence-corrected chi connectivity index (χ1v) is 12.7. The first-order chi connectivity index (χ1) is 13.7. The zero-order chi connectivity index (χ0) is 20.7. The third kappa shape index (κ3) is 21.6. The van der Waals surface area contributed by atoms with E-state index in [0.29, 0.717) is 12.8 Å². The molecule has 2 nitrogen and oxygen atoms in total. The number of Topliss-reactive ketones (excluding diaryl/α,β-unsaturated/α-hetero) is 2. The van der Waals surface area contributed by atoms with Gasteiger partial charge in [0.1, 0.15) is 11.6 Å². The van der Waals surface area contributed by atoms with Crippen molar-refractivity contribution in [2.45, 2.75) is 155 Å². The maximum Gasteiger partial charge on any atom is 0.140 e. The molecule has 0 saturated heterocycles. The van der Waals surface area contributed by atoms with Crippen molar-refractivity contribution in [3.63, 3.8) is 0 Å². The molecule has 0 spiro atoms. The van der Waals surface area contributed by atoms with Gasteiger partial charge in [-0.15, -0.1) is 0 Å². The highest BCUT2D eigenvalue weighted by Gasteiger charge is 2.09. The summed E-state index contributed by atoms with van der Waals surface area (Å²) in [5.74, 6) is 0.331. The van der Waals surface area contributed by atoms with E-state index in [-0.39, 0.29) is 18.0 Å². The fourth-order valence-corrected chi connectivity index (χ4v) is 3.84. The molecule has 0 aliphatic rings. The Labute approximate surface area is 176 Å². The summed E-state index contributed by atoms with van der Waals surface area (Å²) in [7, 11) is 0. The molecule has 0 rings (SSSR count). The highest BCUT2D eigenvalue weighted by atomic mass is 16.1. The van der Waals surface area contributed by atoms with Gasteiger partial charge in [-0.1, -0.05) is 123 Å². The summed E-state index contributed by atoms with van der Waals surface area (Å²) in [5, 5.41) is 0. The fraction of sp³-hybridized carbons (Fsp3) is 0.923. The zero-order valence-corrected chi connectivity index (χ0v) is 19.4. The molecule has 0 aromatic carbocycles. The maximum absolute atomic E-state index is 11.9. The largest absolute Gasteiger partial charge is 0.299 e. The quantitative estimate of drug-likeness (QED) is 0.128. The van der Waals surface area contributed by atoms with E-state index >= 15 is 0 Å². The highest BCUT2D eigenvalue weighted by Crippen LogP contribution is 2.13. The highest BCUT2D eigenvalue weighted by molar-refractivity contribution is 5.98. The van der Waals surface area contributed by atoms with E-state index in [9.17, 15) is 9.59 Å². The molecule has 0 aromatic heterocycles. The third-order valence-electron chi connectivity index (χ3n) is 5.76. The van der Waals surface area contributed by atoms with Gasteiger partial charge in [0, 0.05) is 12.8 Å². The van der Waals surface area contributed by atoms with Crippen molar-refractivity contribution < 1.29 is 9.59 Å². The average molecular weight is 395 g/mol. The average Bonchev–Trinajstić information content (AvgIpc) is 2.68. The molecule has 0 aliphatic carbocycles. The summed E-state index contributed by atoms with van der Waals surface area (Å²) in [6, 6.07) is 0. The van der Waals surface area contributed by atoms with Gasteiger partial charge in [-0.25, -0.2) is 0 Å². The van der Waals surface area contributed by atoms with Crippen LogP contribution in [0.3, 0.4) is 0 Å². The summed E-state index contributed by atoms with van der Waals surface area (Å²) in [6.45, 7) is 4.50. The monoisotopic (exact) mass is 394 g/mol. The molecular weight excluding hydrogens is 344 g/mol. The number of carbonyl (C=O) groups is 2. The molecule has 0 radical (unpaired) electrons. The molecule has 0 bridgehead atoms. The molecule has 0 N–H and O–H groups in total. The van der Waals surface area contributed by atoms with Gasteiger partial charge < -0.3 is 0 Å². The van der Waals surface area contributed by atoms with Crippen molar-refractivity contribution in [3.8, 4) is 0 Å². The lowest BCUT2D eigenvalue weighted by Crippen LogP contribution is -2.07. The summed E-state index contributed by atoms with van der Waals surface area (Å²) < 4.78 is 0.